The predicted octanol–water partition coefficient (Wildman–Crippen LogP) is 0.803. The molecule has 0 spiro atoms. The van der Waals surface area contributed by atoms with Crippen LogP contribution in [0.15, 0.2) is 29.3 Å². The fourth-order valence-electron chi connectivity index (χ4n) is 3.36. The lowest BCUT2D eigenvalue weighted by atomic mass is 9.79. The van der Waals surface area contributed by atoms with Gasteiger partial charge in [-0.25, -0.2) is 0 Å². The number of ketones is 1. The van der Waals surface area contributed by atoms with Crippen LogP contribution in [0.25, 0.3) is 0 Å². The molecule has 1 aliphatic carbocycles. The van der Waals surface area contributed by atoms with E-state index < -0.39 is 29.0 Å². The quantitative estimate of drug-likeness (QED) is 0.805. The normalized spacial score (nSPS) is 32.5. The number of benzene rings is 1. The second kappa shape index (κ2) is 4.72. The molecule has 0 saturated heterocycles. The number of aliphatic hydroxyl groups is 2. The van der Waals surface area contributed by atoms with Crippen LogP contribution in [0.4, 0.5) is 0 Å². The average Bonchev–Trinajstić information content (AvgIpc) is 2.84. The van der Waals surface area contributed by atoms with Gasteiger partial charge < -0.3 is 14.9 Å². The van der Waals surface area contributed by atoms with Crippen molar-refractivity contribution in [2.75, 3.05) is 6.61 Å². The third-order valence-corrected chi connectivity index (χ3v) is 4.37. The van der Waals surface area contributed by atoms with Gasteiger partial charge in [0.1, 0.15) is 5.92 Å². The van der Waals surface area contributed by atoms with E-state index in [-0.39, 0.29) is 23.4 Å². The minimum atomic E-state index is -2.34. The van der Waals surface area contributed by atoms with Crippen LogP contribution in [0, 0.1) is 5.92 Å². The van der Waals surface area contributed by atoms with E-state index >= 15 is 0 Å². The SMILES string of the molecule is CCOC(=O)C1C(CC)=N[C@@]2(O)c3ccccc3C(=O)[C@]12O. The Labute approximate surface area is 127 Å². The number of esters is 1. The van der Waals surface area contributed by atoms with E-state index in [2.05, 4.69) is 4.99 Å². The van der Waals surface area contributed by atoms with Crippen molar-refractivity contribution in [2.24, 2.45) is 10.9 Å². The fraction of sp³-hybridized carbons (Fsp3) is 0.438. The monoisotopic (exact) mass is 303 g/mol. The molecule has 1 heterocycles. The topological polar surface area (TPSA) is 96.2 Å². The molecule has 6 heteroatoms. The van der Waals surface area contributed by atoms with Gasteiger partial charge >= 0.3 is 5.97 Å². The Morgan fingerprint density at radius 1 is 1.32 bits per heavy atom. The number of aliphatic imine (C=N–C) groups is 1. The smallest absolute Gasteiger partial charge is 0.318 e. The summed E-state index contributed by atoms with van der Waals surface area (Å²) in [5, 5.41) is 22.0. The summed E-state index contributed by atoms with van der Waals surface area (Å²) >= 11 is 0. The van der Waals surface area contributed by atoms with Gasteiger partial charge in [-0.3, -0.25) is 14.6 Å². The van der Waals surface area contributed by atoms with E-state index in [4.69, 9.17) is 4.74 Å². The first-order valence-electron chi connectivity index (χ1n) is 7.26. The Hall–Kier alpha value is -2.05. The van der Waals surface area contributed by atoms with Crippen molar-refractivity contribution in [3.63, 3.8) is 0 Å². The maximum absolute atomic E-state index is 12.7. The molecule has 0 bridgehead atoms. The summed E-state index contributed by atoms with van der Waals surface area (Å²) in [6, 6.07) is 6.33. The maximum Gasteiger partial charge on any atom is 0.318 e. The number of rotatable bonds is 3. The minimum absolute atomic E-state index is 0.113. The summed E-state index contributed by atoms with van der Waals surface area (Å²) in [7, 11) is 0. The molecule has 3 rings (SSSR count). The standard InChI is InChI=1S/C16H17NO5/c1-3-11-12(14(19)22-4-2)15(20)13(18)9-7-5-6-8-10(9)16(15,21)17-11/h5-8,12,20-21H,3-4H2,1-2H3/t12?,15-,16-/m1/s1. The lowest BCUT2D eigenvalue weighted by Crippen LogP contribution is -2.56. The summed E-state index contributed by atoms with van der Waals surface area (Å²) in [6.45, 7) is 3.49. The Morgan fingerprint density at radius 3 is 2.64 bits per heavy atom. The fourth-order valence-corrected chi connectivity index (χ4v) is 3.36. The van der Waals surface area contributed by atoms with Crippen molar-refractivity contribution in [1.82, 2.24) is 0 Å². The maximum atomic E-state index is 12.7. The van der Waals surface area contributed by atoms with Crippen LogP contribution in [-0.2, 0) is 15.3 Å². The van der Waals surface area contributed by atoms with Crippen LogP contribution >= 0.6 is 0 Å². The summed E-state index contributed by atoms with van der Waals surface area (Å²) in [4.78, 5) is 29.1. The van der Waals surface area contributed by atoms with Gasteiger partial charge in [0.25, 0.3) is 0 Å². The number of carbonyl (C=O) groups is 2. The number of Topliss-reactive ketones (excluding diaryl/α,β-unsaturated/α-hetero) is 1. The molecule has 2 N–H and O–H groups in total. The van der Waals surface area contributed by atoms with Crippen LogP contribution < -0.4 is 0 Å². The number of carbonyl (C=O) groups excluding carboxylic acids is 2. The van der Waals surface area contributed by atoms with E-state index in [0.717, 1.165) is 0 Å². The Kier molecular flexibility index (Phi) is 3.19. The van der Waals surface area contributed by atoms with Crippen LogP contribution in [0.2, 0.25) is 0 Å². The number of fused-ring (bicyclic) bond motifs is 3. The van der Waals surface area contributed by atoms with Crippen molar-refractivity contribution in [3.8, 4) is 0 Å². The summed E-state index contributed by atoms with van der Waals surface area (Å²) in [5.74, 6) is -2.74. The molecule has 0 saturated carbocycles. The Morgan fingerprint density at radius 2 is 2.00 bits per heavy atom. The van der Waals surface area contributed by atoms with Crippen LogP contribution in [-0.4, -0.2) is 39.9 Å². The molecule has 0 amide bonds. The zero-order valence-electron chi connectivity index (χ0n) is 12.4. The highest BCUT2D eigenvalue weighted by Crippen LogP contribution is 2.53. The number of ether oxygens (including phenoxy) is 1. The van der Waals surface area contributed by atoms with Crippen LogP contribution in [0.1, 0.15) is 36.2 Å². The van der Waals surface area contributed by atoms with Gasteiger partial charge in [-0.2, -0.15) is 0 Å². The highest BCUT2D eigenvalue weighted by atomic mass is 16.5. The molecule has 0 fully saturated rings. The third-order valence-electron chi connectivity index (χ3n) is 4.37. The summed E-state index contributed by atoms with van der Waals surface area (Å²) in [6.07, 6.45) is 0.323. The van der Waals surface area contributed by atoms with Gasteiger partial charge in [-0.05, 0) is 13.3 Å². The minimum Gasteiger partial charge on any atom is -0.465 e. The molecular weight excluding hydrogens is 286 g/mol. The van der Waals surface area contributed by atoms with E-state index in [0.29, 0.717) is 6.42 Å². The summed E-state index contributed by atoms with van der Waals surface area (Å²) < 4.78 is 4.98. The van der Waals surface area contributed by atoms with Crippen molar-refractivity contribution in [2.45, 2.75) is 31.6 Å². The van der Waals surface area contributed by atoms with Crippen LogP contribution in [0.5, 0.6) is 0 Å². The van der Waals surface area contributed by atoms with Gasteiger partial charge in [0.2, 0.25) is 11.5 Å². The molecule has 6 nitrogen and oxygen atoms in total. The number of hydrogen-bond acceptors (Lipinski definition) is 6. The van der Waals surface area contributed by atoms with Crippen molar-refractivity contribution >= 4 is 17.5 Å². The lowest BCUT2D eigenvalue weighted by molar-refractivity contribution is -0.164. The molecule has 0 aromatic heterocycles. The molecule has 1 aliphatic heterocycles. The average molecular weight is 303 g/mol. The predicted molar refractivity (Wildman–Crippen MR) is 77.5 cm³/mol. The highest BCUT2D eigenvalue weighted by molar-refractivity contribution is 6.19. The molecular formula is C16H17NO5. The van der Waals surface area contributed by atoms with Gasteiger partial charge in [-0.1, -0.05) is 31.2 Å². The molecule has 1 aromatic carbocycles. The molecule has 2 aliphatic rings. The second-order valence-corrected chi connectivity index (χ2v) is 5.46. The first kappa shape index (κ1) is 14.9. The van der Waals surface area contributed by atoms with Gasteiger partial charge in [0.05, 0.1) is 6.61 Å². The zero-order valence-corrected chi connectivity index (χ0v) is 12.4. The summed E-state index contributed by atoms with van der Waals surface area (Å²) in [5.41, 5.74) is -3.80. The van der Waals surface area contributed by atoms with E-state index in [1.807, 2.05) is 0 Å². The van der Waals surface area contributed by atoms with E-state index in [1.54, 1.807) is 26.0 Å². The Balaban J connectivity index is 2.22. The first-order chi connectivity index (χ1) is 10.4. The molecule has 1 unspecified atom stereocenters. The Bertz CT molecular complexity index is 698. The highest BCUT2D eigenvalue weighted by Gasteiger charge is 2.72. The lowest BCUT2D eigenvalue weighted by Gasteiger charge is -2.31. The molecule has 22 heavy (non-hydrogen) atoms. The van der Waals surface area contributed by atoms with Gasteiger partial charge in [0, 0.05) is 16.8 Å². The molecule has 3 atom stereocenters. The largest absolute Gasteiger partial charge is 0.465 e. The van der Waals surface area contributed by atoms with E-state index in [9.17, 15) is 19.8 Å². The molecule has 1 aromatic rings. The van der Waals surface area contributed by atoms with Gasteiger partial charge in [0.15, 0.2) is 5.60 Å². The molecule has 0 radical (unpaired) electrons. The first-order valence-corrected chi connectivity index (χ1v) is 7.26. The third kappa shape index (κ3) is 1.54. The zero-order chi connectivity index (χ0) is 16.1. The van der Waals surface area contributed by atoms with Crippen molar-refractivity contribution in [3.05, 3.63) is 35.4 Å². The molecule has 116 valence electrons. The number of hydrogen-bond donors (Lipinski definition) is 2. The van der Waals surface area contributed by atoms with Crippen molar-refractivity contribution in [1.29, 1.82) is 0 Å². The van der Waals surface area contributed by atoms with E-state index in [1.165, 1.54) is 12.1 Å². The van der Waals surface area contributed by atoms with Crippen LogP contribution in [0.3, 0.4) is 0 Å². The van der Waals surface area contributed by atoms with Crippen molar-refractivity contribution < 1.29 is 24.5 Å². The second-order valence-electron chi connectivity index (χ2n) is 5.46. The number of nitrogens with zero attached hydrogens (tertiary/aromatic N) is 1. The van der Waals surface area contributed by atoms with Gasteiger partial charge in [-0.15, -0.1) is 0 Å².